The quantitative estimate of drug-likeness (QED) is 0.479. The Hall–Kier alpha value is -3.18. The molecule has 0 radical (unpaired) electrons. The van der Waals surface area contributed by atoms with Crippen LogP contribution in [0.4, 0.5) is 10.8 Å². The summed E-state index contributed by atoms with van der Waals surface area (Å²) >= 11 is 1.39. The van der Waals surface area contributed by atoms with Crippen LogP contribution >= 0.6 is 11.3 Å². The standard InChI is InChI=1S/C24H32N6O4S/c1-34-19-7-5-18(6-8-19)26-24-27-20(17-35-24)23(33)30-14-12-28(13-15-30)16-21(31)25-9-3-11-29-10-2-4-22(29)32/h5-8,17H,2-4,9-16H2,1H3,(H,25,31)(H,26,27). The third-order valence-corrected chi connectivity index (χ3v) is 6.95. The van der Waals surface area contributed by atoms with E-state index in [1.807, 2.05) is 29.2 Å². The number of amides is 3. The van der Waals surface area contributed by atoms with Gasteiger partial charge in [0.25, 0.3) is 5.91 Å². The van der Waals surface area contributed by atoms with Crippen molar-refractivity contribution in [2.75, 3.05) is 64.8 Å². The van der Waals surface area contributed by atoms with Crippen LogP contribution in [0.2, 0.25) is 0 Å². The smallest absolute Gasteiger partial charge is 0.273 e. The van der Waals surface area contributed by atoms with E-state index in [4.69, 9.17) is 4.74 Å². The van der Waals surface area contributed by atoms with Gasteiger partial charge in [0, 0.05) is 63.3 Å². The van der Waals surface area contributed by atoms with Crippen LogP contribution in [0.1, 0.15) is 29.8 Å². The molecule has 11 heteroatoms. The van der Waals surface area contributed by atoms with Crippen molar-refractivity contribution in [2.45, 2.75) is 19.3 Å². The average molecular weight is 501 g/mol. The van der Waals surface area contributed by atoms with Crippen molar-refractivity contribution >= 4 is 39.9 Å². The molecule has 0 unspecified atom stereocenters. The number of nitrogens with zero attached hydrogens (tertiary/aromatic N) is 4. The molecule has 0 aliphatic carbocycles. The van der Waals surface area contributed by atoms with Crippen molar-refractivity contribution < 1.29 is 19.1 Å². The zero-order chi connectivity index (χ0) is 24.6. The van der Waals surface area contributed by atoms with E-state index in [2.05, 4.69) is 20.5 Å². The van der Waals surface area contributed by atoms with Crippen LogP contribution in [0.5, 0.6) is 5.75 Å². The Morgan fingerprint density at radius 1 is 1.11 bits per heavy atom. The first-order valence-electron chi connectivity index (χ1n) is 11.9. The third-order valence-electron chi connectivity index (χ3n) is 6.19. The molecule has 10 nitrogen and oxygen atoms in total. The van der Waals surface area contributed by atoms with Crippen LogP contribution in [0.3, 0.4) is 0 Å². The maximum atomic E-state index is 12.9. The SMILES string of the molecule is COc1ccc(Nc2nc(C(=O)N3CCN(CC(=O)NCCCN4CCCC4=O)CC3)cs2)cc1. The molecule has 0 bridgehead atoms. The summed E-state index contributed by atoms with van der Waals surface area (Å²) in [4.78, 5) is 46.9. The lowest BCUT2D eigenvalue weighted by molar-refractivity contribution is -0.127. The van der Waals surface area contributed by atoms with E-state index in [1.54, 1.807) is 17.4 Å². The van der Waals surface area contributed by atoms with E-state index in [0.717, 1.165) is 30.8 Å². The topological polar surface area (TPSA) is 107 Å². The van der Waals surface area contributed by atoms with Gasteiger partial charge < -0.3 is 25.2 Å². The normalized spacial score (nSPS) is 16.4. The molecular formula is C24H32N6O4S. The largest absolute Gasteiger partial charge is 0.497 e. The summed E-state index contributed by atoms with van der Waals surface area (Å²) in [6, 6.07) is 7.51. The van der Waals surface area contributed by atoms with Gasteiger partial charge in [-0.3, -0.25) is 19.3 Å². The number of hydrogen-bond acceptors (Lipinski definition) is 8. The number of ether oxygens (including phenoxy) is 1. The van der Waals surface area contributed by atoms with Crippen molar-refractivity contribution in [1.29, 1.82) is 0 Å². The minimum absolute atomic E-state index is 0.0220. The Morgan fingerprint density at radius 3 is 2.57 bits per heavy atom. The van der Waals surface area contributed by atoms with Gasteiger partial charge in [0.1, 0.15) is 11.4 Å². The molecule has 1 aromatic carbocycles. The summed E-state index contributed by atoms with van der Waals surface area (Å²) in [5.41, 5.74) is 1.30. The highest BCUT2D eigenvalue weighted by atomic mass is 32.1. The molecule has 3 amide bonds. The van der Waals surface area contributed by atoms with Gasteiger partial charge in [0.15, 0.2) is 5.13 Å². The first-order chi connectivity index (χ1) is 17.0. The molecule has 0 saturated carbocycles. The van der Waals surface area contributed by atoms with Gasteiger partial charge in [-0.15, -0.1) is 11.3 Å². The van der Waals surface area contributed by atoms with Crippen LogP contribution in [0, 0.1) is 0 Å². The highest BCUT2D eigenvalue weighted by Crippen LogP contribution is 2.23. The van der Waals surface area contributed by atoms with Crippen molar-refractivity contribution in [3.63, 3.8) is 0 Å². The lowest BCUT2D eigenvalue weighted by Crippen LogP contribution is -2.51. The number of carbonyl (C=O) groups excluding carboxylic acids is 3. The van der Waals surface area contributed by atoms with Crippen LogP contribution in [-0.4, -0.2) is 96.9 Å². The summed E-state index contributed by atoms with van der Waals surface area (Å²) in [5, 5.41) is 8.57. The fourth-order valence-electron chi connectivity index (χ4n) is 4.20. The van der Waals surface area contributed by atoms with Crippen molar-refractivity contribution in [1.82, 2.24) is 25.0 Å². The summed E-state index contributed by atoms with van der Waals surface area (Å²) in [6.07, 6.45) is 2.34. The van der Waals surface area contributed by atoms with Gasteiger partial charge in [0.2, 0.25) is 11.8 Å². The molecule has 2 aliphatic heterocycles. The Kier molecular flexibility index (Phi) is 8.54. The van der Waals surface area contributed by atoms with Gasteiger partial charge in [0.05, 0.1) is 13.7 Å². The van der Waals surface area contributed by atoms with Gasteiger partial charge >= 0.3 is 0 Å². The molecule has 2 aliphatic rings. The fourth-order valence-corrected chi connectivity index (χ4v) is 4.90. The molecule has 35 heavy (non-hydrogen) atoms. The van der Waals surface area contributed by atoms with Crippen LogP contribution in [0.15, 0.2) is 29.6 Å². The number of rotatable bonds is 10. The first kappa shape index (κ1) is 24.9. The lowest BCUT2D eigenvalue weighted by atomic mass is 10.3. The van der Waals surface area contributed by atoms with Crippen LogP contribution < -0.4 is 15.4 Å². The molecule has 2 N–H and O–H groups in total. The number of carbonyl (C=O) groups is 3. The van der Waals surface area contributed by atoms with E-state index in [9.17, 15) is 14.4 Å². The van der Waals surface area contributed by atoms with E-state index in [0.29, 0.717) is 63.1 Å². The van der Waals surface area contributed by atoms with Gasteiger partial charge in [-0.2, -0.15) is 0 Å². The van der Waals surface area contributed by atoms with E-state index in [1.165, 1.54) is 11.3 Å². The maximum Gasteiger partial charge on any atom is 0.273 e. The molecule has 0 spiro atoms. The molecule has 1 aromatic heterocycles. The maximum absolute atomic E-state index is 12.9. The number of aromatic nitrogens is 1. The fraction of sp³-hybridized carbons (Fsp3) is 0.500. The minimum atomic E-state index is -0.0930. The zero-order valence-corrected chi connectivity index (χ0v) is 20.8. The van der Waals surface area contributed by atoms with Crippen molar-refractivity contribution in [2.24, 2.45) is 0 Å². The Bertz CT molecular complexity index is 1020. The molecule has 3 heterocycles. The monoisotopic (exact) mass is 500 g/mol. The van der Waals surface area contributed by atoms with E-state index in [-0.39, 0.29) is 17.7 Å². The number of nitrogens with one attached hydrogen (secondary N) is 2. The number of hydrogen-bond donors (Lipinski definition) is 2. The van der Waals surface area contributed by atoms with Crippen molar-refractivity contribution in [3.05, 3.63) is 35.3 Å². The van der Waals surface area contributed by atoms with Gasteiger partial charge in [-0.1, -0.05) is 0 Å². The number of thiazole rings is 1. The highest BCUT2D eigenvalue weighted by molar-refractivity contribution is 7.14. The number of piperazine rings is 1. The van der Waals surface area contributed by atoms with Crippen LogP contribution in [-0.2, 0) is 9.59 Å². The number of likely N-dealkylation sites (tertiary alicyclic amines) is 1. The van der Waals surface area contributed by atoms with Crippen LogP contribution in [0.25, 0.3) is 0 Å². The van der Waals surface area contributed by atoms with E-state index < -0.39 is 0 Å². The Morgan fingerprint density at radius 2 is 1.89 bits per heavy atom. The molecule has 4 rings (SSSR count). The second kappa shape index (κ2) is 12.0. The first-order valence-corrected chi connectivity index (χ1v) is 12.8. The number of methoxy groups -OCH3 is 1. The second-order valence-corrected chi connectivity index (χ2v) is 9.51. The second-order valence-electron chi connectivity index (χ2n) is 8.65. The molecule has 2 fully saturated rings. The highest BCUT2D eigenvalue weighted by Gasteiger charge is 2.25. The predicted molar refractivity (Wildman–Crippen MR) is 134 cm³/mol. The van der Waals surface area contributed by atoms with Crippen molar-refractivity contribution in [3.8, 4) is 5.75 Å². The van der Waals surface area contributed by atoms with E-state index >= 15 is 0 Å². The molecule has 2 saturated heterocycles. The average Bonchev–Trinajstić information content (AvgIpc) is 3.51. The zero-order valence-electron chi connectivity index (χ0n) is 20.0. The summed E-state index contributed by atoms with van der Waals surface area (Å²) in [7, 11) is 1.62. The molecule has 2 aromatic rings. The van der Waals surface area contributed by atoms with Gasteiger partial charge in [-0.25, -0.2) is 4.98 Å². The number of benzene rings is 1. The summed E-state index contributed by atoms with van der Waals surface area (Å²) in [5.74, 6) is 0.874. The molecule has 188 valence electrons. The predicted octanol–water partition coefficient (Wildman–Crippen LogP) is 1.78. The molecular weight excluding hydrogens is 468 g/mol. The third kappa shape index (κ3) is 6.92. The molecule has 0 atom stereocenters. The summed E-state index contributed by atoms with van der Waals surface area (Å²) < 4.78 is 5.16. The van der Waals surface area contributed by atoms with Gasteiger partial charge in [-0.05, 0) is 37.1 Å². The number of anilines is 2. The Balaban J connectivity index is 1.15. The Labute approximate surface area is 209 Å². The lowest BCUT2D eigenvalue weighted by Gasteiger charge is -2.34. The summed E-state index contributed by atoms with van der Waals surface area (Å²) in [6.45, 7) is 4.81. The minimum Gasteiger partial charge on any atom is -0.497 e.